The fraction of sp³-hybridized carbons (Fsp3) is 0. The first-order valence-electron chi connectivity index (χ1n) is 6.53. The molecule has 0 spiro atoms. The van der Waals surface area contributed by atoms with Crippen LogP contribution in [0, 0.1) is 0 Å². The van der Waals surface area contributed by atoms with Gasteiger partial charge in [-0.3, -0.25) is 14.8 Å². The normalized spacial score (nSPS) is 12.1. The molecule has 4 rings (SSSR count). The Labute approximate surface area is 128 Å². The van der Waals surface area contributed by atoms with Crippen LogP contribution in [0.5, 0.6) is 0 Å². The standard InChI is InChI=1S/C15H9N5OS/c21-14-12(8-10-2-1-5-17-9-10)22-15-18-13(19-20(14)15)11-3-6-16-7-4-11/h1-9H/b12-8-. The summed E-state index contributed by atoms with van der Waals surface area (Å²) >= 11 is 1.31. The van der Waals surface area contributed by atoms with Gasteiger partial charge in [0.1, 0.15) is 0 Å². The fourth-order valence-electron chi connectivity index (χ4n) is 2.07. The van der Waals surface area contributed by atoms with Gasteiger partial charge >= 0.3 is 0 Å². The molecule has 0 bridgehead atoms. The van der Waals surface area contributed by atoms with Crippen LogP contribution in [-0.4, -0.2) is 24.6 Å². The third kappa shape index (κ3) is 2.17. The Kier molecular flexibility index (Phi) is 2.97. The second-order valence-corrected chi connectivity index (χ2v) is 5.58. The van der Waals surface area contributed by atoms with Crippen LogP contribution in [-0.2, 0) is 0 Å². The van der Waals surface area contributed by atoms with Crippen molar-refractivity contribution >= 4 is 22.4 Å². The van der Waals surface area contributed by atoms with E-state index in [9.17, 15) is 4.79 Å². The Hall–Kier alpha value is -2.93. The first-order chi connectivity index (χ1) is 10.8. The van der Waals surface area contributed by atoms with Crippen LogP contribution in [0.3, 0.4) is 0 Å². The largest absolute Gasteiger partial charge is 0.291 e. The molecule has 0 fully saturated rings. The molecule has 0 aliphatic heterocycles. The molecule has 0 aliphatic rings. The quantitative estimate of drug-likeness (QED) is 0.555. The van der Waals surface area contributed by atoms with E-state index in [4.69, 9.17) is 0 Å². The van der Waals surface area contributed by atoms with Crippen molar-refractivity contribution in [3.8, 4) is 11.4 Å². The van der Waals surface area contributed by atoms with Crippen LogP contribution in [0.4, 0.5) is 0 Å². The summed E-state index contributed by atoms with van der Waals surface area (Å²) < 4.78 is 1.92. The highest BCUT2D eigenvalue weighted by molar-refractivity contribution is 7.15. The van der Waals surface area contributed by atoms with Crippen LogP contribution in [0.1, 0.15) is 5.56 Å². The molecule has 4 aromatic heterocycles. The highest BCUT2D eigenvalue weighted by Crippen LogP contribution is 2.14. The number of hydrogen-bond acceptors (Lipinski definition) is 6. The van der Waals surface area contributed by atoms with Crippen molar-refractivity contribution in [1.29, 1.82) is 0 Å². The topological polar surface area (TPSA) is 73.0 Å². The van der Waals surface area contributed by atoms with E-state index in [1.807, 2.05) is 24.3 Å². The van der Waals surface area contributed by atoms with Crippen molar-refractivity contribution in [2.45, 2.75) is 0 Å². The highest BCUT2D eigenvalue weighted by Gasteiger charge is 2.11. The molecule has 0 aliphatic carbocycles. The van der Waals surface area contributed by atoms with Gasteiger partial charge in [-0.05, 0) is 29.8 Å². The van der Waals surface area contributed by atoms with E-state index in [1.165, 1.54) is 15.9 Å². The summed E-state index contributed by atoms with van der Waals surface area (Å²) in [6.07, 6.45) is 8.54. The van der Waals surface area contributed by atoms with E-state index >= 15 is 0 Å². The van der Waals surface area contributed by atoms with Crippen molar-refractivity contribution in [3.63, 3.8) is 0 Å². The van der Waals surface area contributed by atoms with Gasteiger partial charge in [0, 0.05) is 30.4 Å². The first kappa shape index (κ1) is 12.8. The first-order valence-corrected chi connectivity index (χ1v) is 7.35. The Morgan fingerprint density at radius 2 is 1.95 bits per heavy atom. The predicted octanol–water partition coefficient (Wildman–Crippen LogP) is 1.16. The number of nitrogens with zero attached hydrogens (tertiary/aromatic N) is 5. The number of hydrogen-bond donors (Lipinski definition) is 0. The second-order valence-electron chi connectivity index (χ2n) is 4.57. The molecular weight excluding hydrogens is 298 g/mol. The molecule has 0 atom stereocenters. The number of rotatable bonds is 2. The third-order valence-electron chi connectivity index (χ3n) is 3.10. The summed E-state index contributed by atoms with van der Waals surface area (Å²) in [5.74, 6) is 0.527. The minimum absolute atomic E-state index is 0.170. The lowest BCUT2D eigenvalue weighted by atomic mass is 10.3. The van der Waals surface area contributed by atoms with Crippen LogP contribution in [0.15, 0.2) is 53.8 Å². The molecule has 0 aromatic carbocycles. The zero-order chi connectivity index (χ0) is 14.9. The molecule has 6 nitrogen and oxygen atoms in total. The summed E-state index contributed by atoms with van der Waals surface area (Å²) in [6.45, 7) is 0. The van der Waals surface area contributed by atoms with E-state index in [0.717, 1.165) is 11.1 Å². The summed E-state index contributed by atoms with van der Waals surface area (Å²) in [6, 6.07) is 7.35. The highest BCUT2D eigenvalue weighted by atomic mass is 32.1. The molecule has 0 unspecified atom stereocenters. The number of aromatic nitrogens is 5. The van der Waals surface area contributed by atoms with Crippen molar-refractivity contribution < 1.29 is 0 Å². The van der Waals surface area contributed by atoms with Gasteiger partial charge in [0.05, 0.1) is 4.53 Å². The maximum absolute atomic E-state index is 12.4. The minimum Gasteiger partial charge on any atom is -0.266 e. The summed E-state index contributed by atoms with van der Waals surface area (Å²) in [5.41, 5.74) is 1.54. The summed E-state index contributed by atoms with van der Waals surface area (Å²) in [7, 11) is 0. The van der Waals surface area contributed by atoms with Gasteiger partial charge < -0.3 is 0 Å². The summed E-state index contributed by atoms with van der Waals surface area (Å²) in [4.78, 5) is 25.4. The summed E-state index contributed by atoms with van der Waals surface area (Å²) in [5, 5.41) is 4.28. The molecular formula is C15H9N5OS. The monoisotopic (exact) mass is 307 g/mol. The van der Waals surface area contributed by atoms with Crippen LogP contribution in [0.25, 0.3) is 22.4 Å². The van der Waals surface area contributed by atoms with Gasteiger partial charge in [-0.2, -0.15) is 9.50 Å². The SMILES string of the molecule is O=c1/c(=C/c2cccnc2)sc2nc(-c3ccncc3)nn12. The Bertz CT molecular complexity index is 1040. The number of thiazole rings is 1. The molecule has 0 saturated heterocycles. The average Bonchev–Trinajstić information content (AvgIpc) is 3.10. The molecule has 4 aromatic rings. The van der Waals surface area contributed by atoms with E-state index in [2.05, 4.69) is 20.1 Å². The predicted molar refractivity (Wildman–Crippen MR) is 83.4 cm³/mol. The molecule has 0 saturated carbocycles. The van der Waals surface area contributed by atoms with Crippen molar-refractivity contribution in [2.75, 3.05) is 0 Å². The Morgan fingerprint density at radius 1 is 1.09 bits per heavy atom. The van der Waals surface area contributed by atoms with Gasteiger partial charge in [0.25, 0.3) is 5.56 Å². The van der Waals surface area contributed by atoms with Gasteiger partial charge in [-0.15, -0.1) is 5.10 Å². The number of pyridine rings is 2. The zero-order valence-corrected chi connectivity index (χ0v) is 12.1. The Morgan fingerprint density at radius 3 is 2.68 bits per heavy atom. The van der Waals surface area contributed by atoms with Gasteiger partial charge in [0.15, 0.2) is 5.82 Å². The maximum atomic E-state index is 12.4. The van der Waals surface area contributed by atoms with E-state index < -0.39 is 0 Å². The molecule has 4 heterocycles. The lowest BCUT2D eigenvalue weighted by Gasteiger charge is -1.91. The molecule has 106 valence electrons. The second kappa shape index (κ2) is 5.12. The van der Waals surface area contributed by atoms with Crippen molar-refractivity contribution in [3.05, 3.63) is 69.5 Å². The maximum Gasteiger partial charge on any atom is 0.291 e. The van der Waals surface area contributed by atoms with E-state index in [-0.39, 0.29) is 5.56 Å². The van der Waals surface area contributed by atoms with Crippen LogP contribution < -0.4 is 10.1 Å². The molecule has 0 N–H and O–H groups in total. The van der Waals surface area contributed by atoms with E-state index in [1.54, 1.807) is 30.9 Å². The van der Waals surface area contributed by atoms with Crippen LogP contribution >= 0.6 is 11.3 Å². The zero-order valence-electron chi connectivity index (χ0n) is 11.2. The minimum atomic E-state index is -0.170. The molecule has 7 heteroatoms. The fourth-order valence-corrected chi connectivity index (χ4v) is 2.98. The smallest absolute Gasteiger partial charge is 0.266 e. The average molecular weight is 307 g/mol. The van der Waals surface area contributed by atoms with Gasteiger partial charge in [-0.25, -0.2) is 0 Å². The van der Waals surface area contributed by atoms with Crippen molar-refractivity contribution in [1.82, 2.24) is 24.6 Å². The van der Waals surface area contributed by atoms with E-state index in [0.29, 0.717) is 15.3 Å². The third-order valence-corrected chi connectivity index (χ3v) is 4.06. The van der Waals surface area contributed by atoms with Crippen LogP contribution in [0.2, 0.25) is 0 Å². The number of fused-ring (bicyclic) bond motifs is 1. The van der Waals surface area contributed by atoms with Crippen molar-refractivity contribution in [2.24, 2.45) is 0 Å². The molecule has 0 amide bonds. The molecule has 0 radical (unpaired) electrons. The lowest BCUT2D eigenvalue weighted by molar-refractivity contribution is 0.936. The Balaban J connectivity index is 1.85. The van der Waals surface area contributed by atoms with Gasteiger partial charge in [0.2, 0.25) is 4.96 Å². The molecule has 22 heavy (non-hydrogen) atoms. The van der Waals surface area contributed by atoms with Gasteiger partial charge in [-0.1, -0.05) is 17.4 Å². The lowest BCUT2D eigenvalue weighted by Crippen LogP contribution is -2.23.